The van der Waals surface area contributed by atoms with Gasteiger partial charge in [0.1, 0.15) is 11.9 Å². The van der Waals surface area contributed by atoms with Gasteiger partial charge in [-0.1, -0.05) is 13.0 Å². The normalized spacial score (nSPS) is 12.5. The van der Waals surface area contributed by atoms with E-state index in [4.69, 9.17) is 4.74 Å². The van der Waals surface area contributed by atoms with Crippen LogP contribution in [0.4, 0.5) is 0 Å². The van der Waals surface area contributed by atoms with Crippen LogP contribution < -0.4 is 4.74 Å². The zero-order chi connectivity index (χ0) is 15.6. The molecule has 0 fully saturated rings. The van der Waals surface area contributed by atoms with Crippen LogP contribution in [0.15, 0.2) is 18.2 Å². The van der Waals surface area contributed by atoms with Crippen molar-refractivity contribution in [3.8, 4) is 5.75 Å². The Labute approximate surface area is 126 Å². The molecule has 0 bridgehead atoms. The SMILES string of the molecule is CCc1cc(C(O)c2c(C)cc(C)cc2OC)n(CC)n1. The lowest BCUT2D eigenvalue weighted by molar-refractivity contribution is 0.202. The molecule has 1 atom stereocenters. The molecule has 4 nitrogen and oxygen atoms in total. The fraction of sp³-hybridized carbons (Fsp3) is 0.471. The largest absolute Gasteiger partial charge is 0.496 e. The maximum Gasteiger partial charge on any atom is 0.125 e. The summed E-state index contributed by atoms with van der Waals surface area (Å²) < 4.78 is 7.33. The Balaban J connectivity index is 2.54. The lowest BCUT2D eigenvalue weighted by Crippen LogP contribution is -2.11. The van der Waals surface area contributed by atoms with E-state index < -0.39 is 6.10 Å². The van der Waals surface area contributed by atoms with Gasteiger partial charge in [-0.2, -0.15) is 5.10 Å². The fourth-order valence-electron chi connectivity index (χ4n) is 2.74. The Morgan fingerprint density at radius 3 is 2.52 bits per heavy atom. The number of benzene rings is 1. The number of ether oxygens (including phenoxy) is 1. The van der Waals surface area contributed by atoms with Crippen molar-refractivity contribution in [1.82, 2.24) is 9.78 Å². The Morgan fingerprint density at radius 1 is 1.24 bits per heavy atom. The molecule has 0 spiro atoms. The number of aromatic nitrogens is 2. The van der Waals surface area contributed by atoms with Crippen LogP contribution >= 0.6 is 0 Å². The van der Waals surface area contributed by atoms with E-state index >= 15 is 0 Å². The zero-order valence-corrected chi connectivity index (χ0v) is 13.5. The zero-order valence-electron chi connectivity index (χ0n) is 13.5. The quantitative estimate of drug-likeness (QED) is 0.919. The third-order valence-electron chi connectivity index (χ3n) is 3.79. The number of nitrogens with zero attached hydrogens (tertiary/aromatic N) is 2. The molecule has 1 aromatic heterocycles. The molecule has 0 radical (unpaired) electrons. The van der Waals surface area contributed by atoms with Gasteiger partial charge in [0.25, 0.3) is 0 Å². The van der Waals surface area contributed by atoms with Gasteiger partial charge in [-0.05, 0) is 50.5 Å². The minimum Gasteiger partial charge on any atom is -0.496 e. The van der Waals surface area contributed by atoms with E-state index in [2.05, 4.69) is 18.1 Å². The fourth-order valence-corrected chi connectivity index (χ4v) is 2.74. The molecule has 0 saturated heterocycles. The predicted octanol–water partition coefficient (Wildman–Crippen LogP) is 3.17. The topological polar surface area (TPSA) is 47.3 Å². The van der Waals surface area contributed by atoms with E-state index in [1.54, 1.807) is 7.11 Å². The first-order valence-electron chi connectivity index (χ1n) is 7.41. The standard InChI is InChI=1S/C17H24N2O2/c1-6-13-10-14(19(7-2)18-13)17(20)16-12(4)8-11(3)9-15(16)21-5/h8-10,17,20H,6-7H2,1-5H3. The average molecular weight is 288 g/mol. The van der Waals surface area contributed by atoms with Crippen molar-refractivity contribution < 1.29 is 9.84 Å². The first-order chi connectivity index (χ1) is 10.0. The third kappa shape index (κ3) is 2.95. The Morgan fingerprint density at radius 2 is 1.95 bits per heavy atom. The van der Waals surface area contributed by atoms with E-state index in [-0.39, 0.29) is 0 Å². The molecule has 2 rings (SSSR count). The van der Waals surface area contributed by atoms with Crippen molar-refractivity contribution in [1.29, 1.82) is 0 Å². The third-order valence-corrected chi connectivity index (χ3v) is 3.79. The van der Waals surface area contributed by atoms with Gasteiger partial charge < -0.3 is 9.84 Å². The van der Waals surface area contributed by atoms with Crippen molar-refractivity contribution in [2.75, 3.05) is 7.11 Å². The number of aryl methyl sites for hydroxylation is 4. The number of rotatable bonds is 5. The van der Waals surface area contributed by atoms with Crippen molar-refractivity contribution in [3.05, 3.63) is 46.3 Å². The second kappa shape index (κ2) is 6.31. The number of aliphatic hydroxyl groups is 1. The van der Waals surface area contributed by atoms with Crippen LogP contribution in [0.25, 0.3) is 0 Å². The van der Waals surface area contributed by atoms with Gasteiger partial charge in [0.15, 0.2) is 0 Å². The summed E-state index contributed by atoms with van der Waals surface area (Å²) in [6.07, 6.45) is 0.129. The van der Waals surface area contributed by atoms with E-state index in [9.17, 15) is 5.11 Å². The molecule has 1 aromatic carbocycles. The van der Waals surface area contributed by atoms with Crippen molar-refractivity contribution in [2.45, 2.75) is 46.8 Å². The molecule has 21 heavy (non-hydrogen) atoms. The van der Waals surface area contributed by atoms with Gasteiger partial charge in [-0.3, -0.25) is 4.68 Å². The molecule has 1 unspecified atom stereocenters. The van der Waals surface area contributed by atoms with Crippen LogP contribution in [-0.4, -0.2) is 22.0 Å². The molecular weight excluding hydrogens is 264 g/mol. The number of hydrogen-bond acceptors (Lipinski definition) is 3. The van der Waals surface area contributed by atoms with E-state index in [0.717, 1.165) is 46.8 Å². The van der Waals surface area contributed by atoms with Gasteiger partial charge in [-0.15, -0.1) is 0 Å². The highest BCUT2D eigenvalue weighted by Gasteiger charge is 2.22. The predicted molar refractivity (Wildman–Crippen MR) is 83.8 cm³/mol. The lowest BCUT2D eigenvalue weighted by Gasteiger charge is -2.19. The minimum atomic E-state index is -0.728. The van der Waals surface area contributed by atoms with Crippen LogP contribution in [-0.2, 0) is 13.0 Å². The Bertz CT molecular complexity index is 632. The van der Waals surface area contributed by atoms with Crippen LogP contribution in [0.1, 0.15) is 48.0 Å². The van der Waals surface area contributed by atoms with Gasteiger partial charge in [0, 0.05) is 12.1 Å². The highest BCUT2D eigenvalue weighted by Crippen LogP contribution is 2.34. The van der Waals surface area contributed by atoms with Crippen LogP contribution in [0, 0.1) is 13.8 Å². The minimum absolute atomic E-state index is 0.724. The van der Waals surface area contributed by atoms with E-state index in [1.165, 1.54) is 0 Å². The molecule has 1 heterocycles. The van der Waals surface area contributed by atoms with Gasteiger partial charge in [0.2, 0.25) is 0 Å². The molecule has 0 aliphatic heterocycles. The first-order valence-corrected chi connectivity index (χ1v) is 7.41. The molecule has 114 valence electrons. The summed E-state index contributed by atoms with van der Waals surface area (Å²) in [7, 11) is 1.64. The molecule has 0 amide bonds. The van der Waals surface area contributed by atoms with Crippen LogP contribution in [0.3, 0.4) is 0 Å². The number of aliphatic hydroxyl groups excluding tert-OH is 1. The molecule has 0 aliphatic rings. The van der Waals surface area contributed by atoms with Crippen molar-refractivity contribution in [3.63, 3.8) is 0 Å². The van der Waals surface area contributed by atoms with Crippen LogP contribution in [0.2, 0.25) is 0 Å². The maximum absolute atomic E-state index is 10.9. The Hall–Kier alpha value is -1.81. The van der Waals surface area contributed by atoms with Gasteiger partial charge in [0.05, 0.1) is 18.5 Å². The highest BCUT2D eigenvalue weighted by molar-refractivity contribution is 5.47. The highest BCUT2D eigenvalue weighted by atomic mass is 16.5. The summed E-state index contributed by atoms with van der Waals surface area (Å²) in [5.41, 5.74) is 4.79. The van der Waals surface area contributed by atoms with E-state index in [1.807, 2.05) is 37.6 Å². The maximum atomic E-state index is 10.9. The second-order valence-corrected chi connectivity index (χ2v) is 5.33. The summed E-state index contributed by atoms with van der Waals surface area (Å²) in [5, 5.41) is 15.4. The molecule has 4 heteroatoms. The molecule has 2 aromatic rings. The summed E-state index contributed by atoms with van der Waals surface area (Å²) in [6, 6.07) is 6.00. The number of methoxy groups -OCH3 is 1. The summed E-state index contributed by atoms with van der Waals surface area (Å²) in [5.74, 6) is 0.724. The van der Waals surface area contributed by atoms with Crippen LogP contribution in [0.5, 0.6) is 5.75 Å². The molecular formula is C17H24N2O2. The van der Waals surface area contributed by atoms with E-state index in [0.29, 0.717) is 0 Å². The first kappa shape index (κ1) is 15.6. The molecule has 0 aliphatic carbocycles. The average Bonchev–Trinajstić information content (AvgIpc) is 2.89. The van der Waals surface area contributed by atoms with Gasteiger partial charge in [-0.25, -0.2) is 0 Å². The second-order valence-electron chi connectivity index (χ2n) is 5.33. The van der Waals surface area contributed by atoms with Crippen molar-refractivity contribution in [2.24, 2.45) is 0 Å². The monoisotopic (exact) mass is 288 g/mol. The smallest absolute Gasteiger partial charge is 0.125 e. The molecule has 1 N–H and O–H groups in total. The van der Waals surface area contributed by atoms with Crippen molar-refractivity contribution >= 4 is 0 Å². The number of hydrogen-bond donors (Lipinski definition) is 1. The van der Waals surface area contributed by atoms with Gasteiger partial charge >= 0.3 is 0 Å². The summed E-state index contributed by atoms with van der Waals surface area (Å²) in [6.45, 7) is 8.86. The summed E-state index contributed by atoms with van der Waals surface area (Å²) in [4.78, 5) is 0. The molecule has 0 saturated carbocycles. The lowest BCUT2D eigenvalue weighted by atomic mass is 9.97. The Kier molecular flexibility index (Phi) is 4.68. The summed E-state index contributed by atoms with van der Waals surface area (Å²) >= 11 is 0.